The summed E-state index contributed by atoms with van der Waals surface area (Å²) in [5.41, 5.74) is 1.13. The van der Waals surface area contributed by atoms with E-state index in [1.807, 2.05) is 12.1 Å². The molecule has 4 aliphatic carbocycles. The first-order chi connectivity index (χ1) is 13.5. The Morgan fingerprint density at radius 3 is 2.46 bits per heavy atom. The van der Waals surface area contributed by atoms with E-state index in [1.54, 1.807) is 18.2 Å². The van der Waals surface area contributed by atoms with E-state index >= 15 is 0 Å². The first-order valence-corrected chi connectivity index (χ1v) is 10.5. The molecule has 0 saturated heterocycles. The number of rotatable bonds is 4. The van der Waals surface area contributed by atoms with Gasteiger partial charge in [0.25, 0.3) is 0 Å². The summed E-state index contributed by atoms with van der Waals surface area (Å²) in [5, 5.41) is 3.74. The first-order valence-electron chi connectivity index (χ1n) is 10.5. The molecule has 4 heteroatoms. The van der Waals surface area contributed by atoms with E-state index in [9.17, 15) is 9.59 Å². The zero-order valence-corrected chi connectivity index (χ0v) is 16.3. The molecule has 4 saturated carbocycles. The maximum Gasteiger partial charge on any atom is 0.244 e. The lowest BCUT2D eigenvalue weighted by Crippen LogP contribution is -2.55. The van der Waals surface area contributed by atoms with E-state index < -0.39 is 0 Å². The highest BCUT2D eigenvalue weighted by molar-refractivity contribution is 5.92. The molecule has 4 aliphatic rings. The summed E-state index contributed by atoms with van der Waals surface area (Å²) < 4.78 is 5.52. The summed E-state index contributed by atoms with van der Waals surface area (Å²) in [5.74, 6) is 2.46. The van der Waals surface area contributed by atoms with Crippen LogP contribution in [0.5, 0.6) is 0 Å². The summed E-state index contributed by atoms with van der Waals surface area (Å²) in [6.07, 6.45) is 12.5. The van der Waals surface area contributed by atoms with Gasteiger partial charge in [0.2, 0.25) is 5.91 Å². The minimum Gasteiger partial charge on any atom is -0.463 e. The minimum absolute atomic E-state index is 0.111. The van der Waals surface area contributed by atoms with E-state index in [2.05, 4.69) is 12.2 Å². The normalized spacial score (nSPS) is 32.1. The van der Waals surface area contributed by atoms with Gasteiger partial charge in [-0.1, -0.05) is 12.1 Å². The van der Waals surface area contributed by atoms with Gasteiger partial charge in [-0.2, -0.15) is 0 Å². The predicted octanol–water partition coefficient (Wildman–Crippen LogP) is 4.53. The monoisotopic (exact) mass is 377 g/mol. The number of benzene rings is 1. The van der Waals surface area contributed by atoms with Crippen LogP contribution in [-0.4, -0.2) is 11.9 Å². The molecule has 1 atom stereocenters. The van der Waals surface area contributed by atoms with Gasteiger partial charge in [0.1, 0.15) is 11.8 Å². The summed E-state index contributed by atoms with van der Waals surface area (Å²) >= 11 is 0. The lowest BCUT2D eigenvalue weighted by molar-refractivity contribution is -0.121. The standard InChI is InChI=1S/C24H27NO3/c1-15(24-11-16-8-17(12-24)10-18(9-16)13-24)25-22(26)7-6-19-14-28-21-5-3-2-4-20(21)23(19)27/h2-7,14-18H,8-13H2,1H3,(H,25,26)/b7-6+. The van der Waals surface area contributed by atoms with Crippen molar-refractivity contribution in [3.05, 3.63) is 52.4 Å². The second kappa shape index (κ2) is 6.61. The molecule has 4 bridgehead atoms. The Morgan fingerprint density at radius 2 is 1.79 bits per heavy atom. The average Bonchev–Trinajstić information content (AvgIpc) is 2.66. The maximum atomic E-state index is 12.6. The van der Waals surface area contributed by atoms with Crippen LogP contribution in [0.1, 0.15) is 51.0 Å². The van der Waals surface area contributed by atoms with Gasteiger partial charge >= 0.3 is 0 Å². The highest BCUT2D eigenvalue weighted by Crippen LogP contribution is 2.61. The van der Waals surface area contributed by atoms with Crippen molar-refractivity contribution in [2.75, 3.05) is 0 Å². The van der Waals surface area contributed by atoms with Crippen LogP contribution >= 0.6 is 0 Å². The van der Waals surface area contributed by atoms with Crippen LogP contribution in [0.2, 0.25) is 0 Å². The molecular formula is C24H27NO3. The van der Waals surface area contributed by atoms with Crippen molar-refractivity contribution in [2.45, 2.75) is 51.5 Å². The van der Waals surface area contributed by atoms with Crippen molar-refractivity contribution in [1.29, 1.82) is 0 Å². The summed E-state index contributed by atoms with van der Waals surface area (Å²) in [4.78, 5) is 25.1. The zero-order valence-electron chi connectivity index (χ0n) is 16.3. The molecule has 0 spiro atoms. The number of hydrogen-bond donors (Lipinski definition) is 1. The molecule has 1 amide bonds. The SMILES string of the molecule is CC(NC(=O)/C=C/c1coc2ccccc2c1=O)C12CC3CC(CC(C3)C1)C2. The van der Waals surface area contributed by atoms with Crippen LogP contribution in [-0.2, 0) is 4.79 Å². The third kappa shape index (κ3) is 2.99. The van der Waals surface area contributed by atoms with Crippen molar-refractivity contribution in [3.8, 4) is 0 Å². The zero-order chi connectivity index (χ0) is 19.3. The second-order valence-corrected chi connectivity index (χ2v) is 9.36. The highest BCUT2D eigenvalue weighted by Gasteiger charge is 2.53. The Balaban J connectivity index is 1.30. The summed E-state index contributed by atoms with van der Waals surface area (Å²) in [7, 11) is 0. The largest absolute Gasteiger partial charge is 0.463 e. The van der Waals surface area contributed by atoms with Gasteiger partial charge in [0.05, 0.1) is 10.9 Å². The lowest BCUT2D eigenvalue weighted by atomic mass is 9.48. The minimum atomic E-state index is -0.129. The molecular weight excluding hydrogens is 350 g/mol. The number of amides is 1. The summed E-state index contributed by atoms with van der Waals surface area (Å²) in [6, 6.07) is 7.33. The third-order valence-electron chi connectivity index (χ3n) is 7.48. The van der Waals surface area contributed by atoms with E-state index in [4.69, 9.17) is 4.42 Å². The van der Waals surface area contributed by atoms with Crippen molar-refractivity contribution < 1.29 is 9.21 Å². The van der Waals surface area contributed by atoms with Crippen molar-refractivity contribution in [2.24, 2.45) is 23.2 Å². The van der Waals surface area contributed by atoms with Crippen LogP contribution in [0.3, 0.4) is 0 Å². The van der Waals surface area contributed by atoms with Gasteiger partial charge in [-0.25, -0.2) is 0 Å². The lowest BCUT2D eigenvalue weighted by Gasteiger charge is -2.59. The van der Waals surface area contributed by atoms with Gasteiger partial charge < -0.3 is 9.73 Å². The van der Waals surface area contributed by atoms with Gasteiger partial charge in [-0.05, 0) is 86.8 Å². The molecule has 4 fully saturated rings. The van der Waals surface area contributed by atoms with Crippen molar-refractivity contribution in [1.82, 2.24) is 5.32 Å². The Morgan fingerprint density at radius 1 is 1.14 bits per heavy atom. The van der Waals surface area contributed by atoms with E-state index in [1.165, 1.54) is 50.9 Å². The first kappa shape index (κ1) is 17.7. The number of para-hydroxylation sites is 1. The van der Waals surface area contributed by atoms with E-state index in [0.29, 0.717) is 16.5 Å². The third-order valence-corrected chi connectivity index (χ3v) is 7.48. The molecule has 1 N–H and O–H groups in total. The molecule has 6 rings (SSSR count). The maximum absolute atomic E-state index is 12.6. The average molecular weight is 377 g/mol. The Bertz CT molecular complexity index is 967. The van der Waals surface area contributed by atoms with Crippen molar-refractivity contribution >= 4 is 23.0 Å². The van der Waals surface area contributed by atoms with Crippen LogP contribution in [0.15, 0.2) is 45.8 Å². The molecule has 28 heavy (non-hydrogen) atoms. The van der Waals surface area contributed by atoms with E-state index in [-0.39, 0.29) is 22.8 Å². The van der Waals surface area contributed by atoms with Gasteiger partial charge in [-0.15, -0.1) is 0 Å². The second-order valence-electron chi connectivity index (χ2n) is 9.36. The molecule has 1 unspecified atom stereocenters. The van der Waals surface area contributed by atoms with Gasteiger partial charge in [-0.3, -0.25) is 9.59 Å². The molecule has 1 aromatic heterocycles. The molecule has 2 aromatic rings. The quantitative estimate of drug-likeness (QED) is 0.797. The number of fused-ring (bicyclic) bond motifs is 1. The molecule has 0 aliphatic heterocycles. The fourth-order valence-corrected chi connectivity index (χ4v) is 6.50. The Labute approximate surface area is 165 Å². The molecule has 146 valence electrons. The smallest absolute Gasteiger partial charge is 0.244 e. The van der Waals surface area contributed by atoms with Crippen LogP contribution in [0.4, 0.5) is 0 Å². The Kier molecular flexibility index (Phi) is 4.18. The van der Waals surface area contributed by atoms with Gasteiger partial charge in [0, 0.05) is 12.1 Å². The van der Waals surface area contributed by atoms with Crippen molar-refractivity contribution in [3.63, 3.8) is 0 Å². The number of hydrogen-bond acceptors (Lipinski definition) is 3. The fourth-order valence-electron chi connectivity index (χ4n) is 6.50. The number of carbonyl (C=O) groups is 1. The Hall–Kier alpha value is -2.36. The predicted molar refractivity (Wildman–Crippen MR) is 110 cm³/mol. The topological polar surface area (TPSA) is 59.3 Å². The fraction of sp³-hybridized carbons (Fsp3) is 0.500. The van der Waals surface area contributed by atoms with E-state index in [0.717, 1.165) is 17.8 Å². The molecule has 1 aromatic carbocycles. The molecule has 1 heterocycles. The number of nitrogens with one attached hydrogen (secondary N) is 1. The van der Waals surface area contributed by atoms with Crippen LogP contribution in [0, 0.1) is 23.2 Å². The van der Waals surface area contributed by atoms with Crippen LogP contribution < -0.4 is 10.7 Å². The van der Waals surface area contributed by atoms with Crippen LogP contribution in [0.25, 0.3) is 17.0 Å². The molecule has 4 nitrogen and oxygen atoms in total. The summed E-state index contributed by atoms with van der Waals surface area (Å²) in [6.45, 7) is 2.17. The number of carbonyl (C=O) groups excluding carboxylic acids is 1. The molecule has 0 radical (unpaired) electrons. The highest BCUT2D eigenvalue weighted by atomic mass is 16.3. The van der Waals surface area contributed by atoms with Gasteiger partial charge in [0.15, 0.2) is 5.43 Å².